The van der Waals surface area contributed by atoms with Crippen molar-refractivity contribution < 1.29 is 44.8 Å². The summed E-state index contributed by atoms with van der Waals surface area (Å²) in [5.41, 5.74) is 8.40. The number of carbonyl (C=O) groups is 2. The maximum Gasteiger partial charge on any atom is 0.294 e. The van der Waals surface area contributed by atoms with Crippen LogP contribution in [0.5, 0.6) is 5.75 Å². The van der Waals surface area contributed by atoms with Crippen LogP contribution in [0.15, 0.2) is 117 Å². The van der Waals surface area contributed by atoms with Crippen LogP contribution in [-0.2, 0) is 40.7 Å². The first kappa shape index (κ1) is 52.0. The zero-order valence-corrected chi connectivity index (χ0v) is 42.1. The van der Waals surface area contributed by atoms with Gasteiger partial charge in [0.2, 0.25) is 18.0 Å². The number of fused-ring (bicyclic) bond motifs is 2. The third-order valence-electron chi connectivity index (χ3n) is 13.3. The number of benzene rings is 3. The first-order valence-electron chi connectivity index (χ1n) is 23.9. The molecule has 1 aliphatic carbocycles. The number of allylic oxidation sites excluding steroid dienone is 7. The second kappa shape index (κ2) is 22.4. The summed E-state index contributed by atoms with van der Waals surface area (Å²) in [5, 5.41) is 5.64. The average molecular weight is 970 g/mol. The third-order valence-corrected chi connectivity index (χ3v) is 15.1. The molecule has 3 aromatic rings. The van der Waals surface area contributed by atoms with Crippen LogP contribution >= 0.6 is 0 Å². The predicted octanol–water partition coefficient (Wildman–Crippen LogP) is 9.94. The van der Waals surface area contributed by atoms with Gasteiger partial charge in [-0.05, 0) is 150 Å². The molecule has 6 rings (SSSR count). The van der Waals surface area contributed by atoms with Crippen LogP contribution in [0.25, 0.3) is 0 Å². The minimum Gasteiger partial charge on any atom is -0.457 e. The molecule has 0 bridgehead atoms. The SMILES string of the molecule is CCCCN1/C(=C/C=C2\CCCC(/C=C/C3=[N+](CCCCCC(=O)NCCCCCNC=O)c4ccc(S(=O)(=O)O)cc4C3(C)C)=C2Oc2ccc(S(=O)(=O)O)cc2)C(C)(C)c2cc(C)ccc21. The van der Waals surface area contributed by atoms with Crippen molar-refractivity contribution in [1.82, 2.24) is 10.6 Å². The average Bonchev–Trinajstić information content (AvgIpc) is 3.63. The minimum absolute atomic E-state index is 0.00955. The van der Waals surface area contributed by atoms with Gasteiger partial charge in [-0.15, -0.1) is 0 Å². The van der Waals surface area contributed by atoms with Gasteiger partial charge >= 0.3 is 0 Å². The largest absolute Gasteiger partial charge is 0.457 e. The highest BCUT2D eigenvalue weighted by molar-refractivity contribution is 7.86. The second-order valence-electron chi connectivity index (χ2n) is 19.1. The molecule has 3 aliphatic rings. The van der Waals surface area contributed by atoms with E-state index in [1.54, 1.807) is 12.1 Å². The molecule has 2 aliphatic heterocycles. The first-order valence-corrected chi connectivity index (χ1v) is 26.8. The van der Waals surface area contributed by atoms with Crippen molar-refractivity contribution in [3.05, 3.63) is 124 Å². The quantitative estimate of drug-likeness (QED) is 0.0309. The molecule has 0 fully saturated rings. The lowest BCUT2D eigenvalue weighted by Gasteiger charge is -2.27. The first-order chi connectivity index (χ1) is 32.3. The maximum absolute atomic E-state index is 12.6. The molecule has 15 heteroatoms. The van der Waals surface area contributed by atoms with Crippen molar-refractivity contribution in [2.45, 2.75) is 139 Å². The van der Waals surface area contributed by atoms with E-state index in [-0.39, 0.29) is 21.1 Å². The number of nitrogens with zero attached hydrogens (tertiary/aromatic N) is 2. The monoisotopic (exact) mass is 969 g/mol. The molecule has 68 heavy (non-hydrogen) atoms. The van der Waals surface area contributed by atoms with E-state index >= 15 is 0 Å². The molecule has 0 unspecified atom stereocenters. The summed E-state index contributed by atoms with van der Waals surface area (Å²) < 4.78 is 77.3. The summed E-state index contributed by atoms with van der Waals surface area (Å²) in [6, 6.07) is 17.1. The zero-order chi connectivity index (χ0) is 49.3. The molecule has 0 radical (unpaired) electrons. The van der Waals surface area contributed by atoms with Gasteiger partial charge in [0.1, 0.15) is 18.1 Å². The van der Waals surface area contributed by atoms with Crippen LogP contribution in [0.4, 0.5) is 11.4 Å². The van der Waals surface area contributed by atoms with Crippen LogP contribution in [0.3, 0.4) is 0 Å². The van der Waals surface area contributed by atoms with Gasteiger partial charge < -0.3 is 20.3 Å². The number of unbranched alkanes of at least 4 members (excludes halogenated alkanes) is 5. The van der Waals surface area contributed by atoms with Gasteiger partial charge in [-0.2, -0.15) is 21.4 Å². The van der Waals surface area contributed by atoms with E-state index in [0.29, 0.717) is 56.8 Å². The van der Waals surface area contributed by atoms with Crippen LogP contribution in [0, 0.1) is 6.92 Å². The Kier molecular flexibility index (Phi) is 17.1. The molecule has 366 valence electrons. The maximum atomic E-state index is 12.6. The number of ether oxygens (including phenoxy) is 1. The Labute approximate surface area is 403 Å². The van der Waals surface area contributed by atoms with Gasteiger partial charge in [-0.25, -0.2) is 0 Å². The fraction of sp³-hybridized carbons (Fsp3) is 0.453. The van der Waals surface area contributed by atoms with Crippen molar-refractivity contribution >= 4 is 49.6 Å². The Hall–Kier alpha value is -5.35. The highest BCUT2D eigenvalue weighted by Gasteiger charge is 2.45. The van der Waals surface area contributed by atoms with Gasteiger partial charge in [-0.1, -0.05) is 51.0 Å². The normalized spacial score (nSPS) is 17.9. The lowest BCUT2D eigenvalue weighted by molar-refractivity contribution is -0.438. The number of hydrogen-bond acceptors (Lipinski definition) is 8. The fourth-order valence-corrected chi connectivity index (χ4v) is 10.5. The number of nitrogens with one attached hydrogen (secondary N) is 2. The van der Waals surface area contributed by atoms with E-state index in [4.69, 9.17) is 4.74 Å². The number of carbonyl (C=O) groups excluding carboxylic acids is 2. The molecule has 13 nitrogen and oxygen atoms in total. The van der Waals surface area contributed by atoms with Crippen LogP contribution in [0.1, 0.15) is 128 Å². The van der Waals surface area contributed by atoms with Gasteiger partial charge in [0.15, 0.2) is 5.71 Å². The van der Waals surface area contributed by atoms with E-state index in [2.05, 4.69) is 90.3 Å². The zero-order valence-electron chi connectivity index (χ0n) is 40.4. The topological polar surface area (TPSA) is 182 Å². The summed E-state index contributed by atoms with van der Waals surface area (Å²) in [7, 11) is -8.88. The van der Waals surface area contributed by atoms with Crippen LogP contribution < -0.4 is 20.3 Å². The molecule has 0 saturated heterocycles. The van der Waals surface area contributed by atoms with Gasteiger partial charge in [0.25, 0.3) is 20.2 Å². The molecule has 2 heterocycles. The summed E-state index contributed by atoms with van der Waals surface area (Å²) in [5.74, 6) is 1.07. The molecule has 0 aromatic heterocycles. The van der Waals surface area contributed by atoms with E-state index in [1.807, 2.05) is 13.8 Å². The molecular formula is C53H69N4O9S2+. The Morgan fingerprint density at radius 1 is 0.794 bits per heavy atom. The standard InChI is InChI=1S/C53H68N4O9S2/c1-7-8-33-56-46-27-19-38(2)35-44(46)52(3,4)48(56)29-20-39-16-15-17-40(51(39)66-41-22-24-42(25-23-41)67(60,61)62)21-30-49-53(5,6)45-36-43(68(63,64)65)26-28-47(45)57(49)34-14-9-11-18-50(59)55-32-13-10-12-31-54-37-58/h19-30,35-37H,7-18,31-34H2,1-6H3,(H3-,54,55,58,59,60,61,62,63,64,65)/p+1. The summed E-state index contributed by atoms with van der Waals surface area (Å²) in [6.45, 7) is 15.6. The summed E-state index contributed by atoms with van der Waals surface area (Å²) in [6.07, 6.45) is 18.9. The second-order valence-corrected chi connectivity index (χ2v) is 21.9. The van der Waals surface area contributed by atoms with Crippen molar-refractivity contribution in [2.75, 3.05) is 31.1 Å². The summed E-state index contributed by atoms with van der Waals surface area (Å²) in [4.78, 5) is 25.0. The van der Waals surface area contributed by atoms with E-state index in [9.17, 15) is 35.5 Å². The molecule has 0 spiro atoms. The van der Waals surface area contributed by atoms with Crippen molar-refractivity contribution in [3.8, 4) is 5.75 Å². The van der Waals surface area contributed by atoms with E-state index in [0.717, 1.165) is 92.4 Å². The van der Waals surface area contributed by atoms with Gasteiger partial charge in [0.05, 0.1) is 15.2 Å². The number of anilines is 1. The minimum atomic E-state index is -4.47. The Morgan fingerprint density at radius 2 is 1.50 bits per heavy atom. The lowest BCUT2D eigenvalue weighted by Crippen LogP contribution is -2.28. The Morgan fingerprint density at radius 3 is 2.21 bits per heavy atom. The highest BCUT2D eigenvalue weighted by Crippen LogP contribution is 2.49. The lowest BCUT2D eigenvalue weighted by atomic mass is 9.81. The molecular weight excluding hydrogens is 901 g/mol. The molecule has 0 atom stereocenters. The number of rotatable bonds is 23. The molecule has 3 aromatic carbocycles. The number of aryl methyl sites for hydroxylation is 1. The number of amides is 2. The Bertz CT molecular complexity index is 2730. The summed E-state index contributed by atoms with van der Waals surface area (Å²) >= 11 is 0. The molecule has 0 saturated carbocycles. The van der Waals surface area contributed by atoms with E-state index in [1.165, 1.54) is 52.8 Å². The highest BCUT2D eigenvalue weighted by atomic mass is 32.2. The predicted molar refractivity (Wildman–Crippen MR) is 268 cm³/mol. The van der Waals surface area contributed by atoms with Crippen LogP contribution in [-0.4, -0.2) is 74.7 Å². The molecule has 2 amide bonds. The van der Waals surface area contributed by atoms with Gasteiger partial charge in [0, 0.05) is 67.0 Å². The van der Waals surface area contributed by atoms with Gasteiger partial charge in [-0.3, -0.25) is 18.7 Å². The fourth-order valence-electron chi connectivity index (χ4n) is 9.55. The van der Waals surface area contributed by atoms with Crippen LogP contribution in [0.2, 0.25) is 0 Å². The third kappa shape index (κ3) is 12.5. The van der Waals surface area contributed by atoms with Crippen molar-refractivity contribution in [3.63, 3.8) is 0 Å². The molecule has 4 N–H and O–H groups in total. The Balaban J connectivity index is 1.34. The smallest absolute Gasteiger partial charge is 0.294 e. The van der Waals surface area contributed by atoms with Crippen molar-refractivity contribution in [2.24, 2.45) is 0 Å². The van der Waals surface area contributed by atoms with Crippen molar-refractivity contribution in [1.29, 1.82) is 0 Å². The van der Waals surface area contributed by atoms with E-state index < -0.39 is 25.7 Å². The number of hydrogen-bond donors (Lipinski definition) is 4.